The van der Waals surface area contributed by atoms with Gasteiger partial charge in [0.05, 0.1) is 0 Å². The molecule has 0 aromatic carbocycles. The van der Waals surface area contributed by atoms with E-state index in [0.717, 1.165) is 0 Å². The Labute approximate surface area is 77.0 Å². The second-order valence-corrected chi connectivity index (χ2v) is 4.24. The number of rotatable bonds is 3. The highest BCUT2D eigenvalue weighted by atomic mass is 32.1. The lowest BCUT2D eigenvalue weighted by Crippen LogP contribution is -2.25. The van der Waals surface area contributed by atoms with Crippen molar-refractivity contribution >= 4 is 16.5 Å². The summed E-state index contributed by atoms with van der Waals surface area (Å²) >= 11 is 1.54. The molecular weight excluding hydrogens is 170 g/mol. The van der Waals surface area contributed by atoms with Crippen LogP contribution >= 0.6 is 11.3 Å². The normalized spacial score (nSPS) is 13.7. The number of anilines is 1. The van der Waals surface area contributed by atoms with Crippen LogP contribution < -0.4 is 11.1 Å². The first kappa shape index (κ1) is 9.48. The second-order valence-electron chi connectivity index (χ2n) is 3.14. The lowest BCUT2D eigenvalue weighted by molar-refractivity contribution is 0.511. The average Bonchev–Trinajstić information content (AvgIpc) is 2.34. The van der Waals surface area contributed by atoms with Crippen LogP contribution in [0.15, 0.2) is 6.20 Å². The minimum absolute atomic E-state index is 0.347. The van der Waals surface area contributed by atoms with Crippen molar-refractivity contribution in [1.82, 2.24) is 10.3 Å². The van der Waals surface area contributed by atoms with Crippen LogP contribution in [0.1, 0.15) is 31.7 Å². The molecule has 0 fully saturated rings. The van der Waals surface area contributed by atoms with Crippen molar-refractivity contribution in [1.29, 1.82) is 0 Å². The van der Waals surface area contributed by atoms with Gasteiger partial charge in [-0.05, 0) is 6.92 Å². The summed E-state index contributed by atoms with van der Waals surface area (Å²) < 4.78 is 0. The summed E-state index contributed by atoms with van der Waals surface area (Å²) in [7, 11) is 0. The fourth-order valence-corrected chi connectivity index (χ4v) is 1.78. The molecule has 1 unspecified atom stereocenters. The molecule has 4 heteroatoms. The van der Waals surface area contributed by atoms with Gasteiger partial charge in [0.1, 0.15) is 0 Å². The molecule has 0 spiro atoms. The van der Waals surface area contributed by atoms with Crippen LogP contribution in [-0.2, 0) is 0 Å². The molecule has 0 aliphatic heterocycles. The van der Waals surface area contributed by atoms with Crippen LogP contribution in [0.3, 0.4) is 0 Å². The van der Waals surface area contributed by atoms with Gasteiger partial charge >= 0.3 is 0 Å². The molecule has 0 aliphatic rings. The van der Waals surface area contributed by atoms with Crippen LogP contribution in [0.4, 0.5) is 5.13 Å². The SMILES string of the molecule is CC(C)NC(C)c1cnc(N)s1. The van der Waals surface area contributed by atoms with Crippen molar-refractivity contribution in [3.05, 3.63) is 11.1 Å². The van der Waals surface area contributed by atoms with E-state index in [9.17, 15) is 0 Å². The molecule has 0 saturated heterocycles. The summed E-state index contributed by atoms with van der Waals surface area (Å²) in [5.74, 6) is 0. The molecule has 0 bridgehead atoms. The van der Waals surface area contributed by atoms with Gasteiger partial charge in [0.15, 0.2) is 5.13 Å². The number of aromatic nitrogens is 1. The Kier molecular flexibility index (Phi) is 3.05. The number of nitrogens with two attached hydrogens (primary N) is 1. The van der Waals surface area contributed by atoms with Crippen LogP contribution in [0.2, 0.25) is 0 Å². The number of thiazole rings is 1. The fraction of sp³-hybridized carbons (Fsp3) is 0.625. The van der Waals surface area contributed by atoms with E-state index >= 15 is 0 Å². The molecule has 68 valence electrons. The van der Waals surface area contributed by atoms with Crippen molar-refractivity contribution < 1.29 is 0 Å². The molecule has 1 aromatic rings. The highest BCUT2D eigenvalue weighted by Gasteiger charge is 2.08. The summed E-state index contributed by atoms with van der Waals surface area (Å²) in [5.41, 5.74) is 5.53. The van der Waals surface area contributed by atoms with E-state index in [-0.39, 0.29) is 0 Å². The molecule has 0 amide bonds. The fourth-order valence-electron chi connectivity index (χ4n) is 1.08. The number of hydrogen-bond donors (Lipinski definition) is 2. The maximum Gasteiger partial charge on any atom is 0.180 e. The van der Waals surface area contributed by atoms with Crippen molar-refractivity contribution in [2.75, 3.05) is 5.73 Å². The molecule has 1 aromatic heterocycles. The third-order valence-corrected chi connectivity index (χ3v) is 2.56. The molecule has 12 heavy (non-hydrogen) atoms. The molecule has 0 saturated carbocycles. The van der Waals surface area contributed by atoms with Gasteiger partial charge in [0.25, 0.3) is 0 Å². The summed E-state index contributed by atoms with van der Waals surface area (Å²) in [4.78, 5) is 5.20. The second kappa shape index (κ2) is 3.87. The average molecular weight is 185 g/mol. The van der Waals surface area contributed by atoms with E-state index in [1.807, 2.05) is 6.20 Å². The van der Waals surface area contributed by atoms with E-state index in [4.69, 9.17) is 5.73 Å². The Balaban J connectivity index is 2.58. The Morgan fingerprint density at radius 2 is 2.17 bits per heavy atom. The minimum atomic E-state index is 0.347. The molecule has 1 rings (SSSR count). The van der Waals surface area contributed by atoms with Gasteiger partial charge in [-0.25, -0.2) is 4.98 Å². The van der Waals surface area contributed by atoms with Crippen LogP contribution in [0.25, 0.3) is 0 Å². The Bertz CT molecular complexity index is 244. The highest BCUT2D eigenvalue weighted by molar-refractivity contribution is 7.15. The first-order chi connectivity index (χ1) is 5.59. The molecule has 1 atom stereocenters. The summed E-state index contributed by atoms with van der Waals surface area (Å²) in [6.07, 6.45) is 1.83. The molecular formula is C8H15N3S. The van der Waals surface area contributed by atoms with E-state index in [1.54, 1.807) is 11.3 Å². The first-order valence-electron chi connectivity index (χ1n) is 4.07. The zero-order chi connectivity index (χ0) is 9.14. The number of nitrogens with zero attached hydrogens (tertiary/aromatic N) is 1. The van der Waals surface area contributed by atoms with Gasteiger partial charge in [-0.15, -0.1) is 11.3 Å². The monoisotopic (exact) mass is 185 g/mol. The van der Waals surface area contributed by atoms with E-state index in [0.29, 0.717) is 17.2 Å². The minimum Gasteiger partial charge on any atom is -0.375 e. The standard InChI is InChI=1S/C8H15N3S/c1-5(2)11-6(3)7-4-10-8(9)12-7/h4-6,11H,1-3H3,(H2,9,10). The Hall–Kier alpha value is -0.610. The Morgan fingerprint density at radius 3 is 2.58 bits per heavy atom. The Morgan fingerprint density at radius 1 is 1.50 bits per heavy atom. The van der Waals surface area contributed by atoms with Gasteiger partial charge in [-0.2, -0.15) is 0 Å². The smallest absolute Gasteiger partial charge is 0.180 e. The van der Waals surface area contributed by atoms with Crippen molar-refractivity contribution in [2.24, 2.45) is 0 Å². The molecule has 3 N–H and O–H groups in total. The van der Waals surface area contributed by atoms with Crippen molar-refractivity contribution in [2.45, 2.75) is 32.9 Å². The number of nitrogens with one attached hydrogen (secondary N) is 1. The lowest BCUT2D eigenvalue weighted by atomic mass is 10.2. The topological polar surface area (TPSA) is 50.9 Å². The van der Waals surface area contributed by atoms with Gasteiger partial charge in [0, 0.05) is 23.2 Å². The first-order valence-corrected chi connectivity index (χ1v) is 4.88. The summed E-state index contributed by atoms with van der Waals surface area (Å²) in [6, 6.07) is 0.836. The number of hydrogen-bond acceptors (Lipinski definition) is 4. The van der Waals surface area contributed by atoms with E-state index in [1.165, 1.54) is 4.88 Å². The predicted molar refractivity (Wildman–Crippen MR) is 53.2 cm³/mol. The maximum atomic E-state index is 5.53. The molecule has 0 aliphatic carbocycles. The third-order valence-electron chi connectivity index (χ3n) is 1.55. The zero-order valence-corrected chi connectivity index (χ0v) is 8.48. The van der Waals surface area contributed by atoms with E-state index < -0.39 is 0 Å². The largest absolute Gasteiger partial charge is 0.375 e. The zero-order valence-electron chi connectivity index (χ0n) is 7.66. The van der Waals surface area contributed by atoms with Crippen molar-refractivity contribution in [3.8, 4) is 0 Å². The van der Waals surface area contributed by atoms with Crippen molar-refractivity contribution in [3.63, 3.8) is 0 Å². The predicted octanol–water partition coefficient (Wildman–Crippen LogP) is 1.78. The molecule has 1 heterocycles. The van der Waals surface area contributed by atoms with Gasteiger partial charge in [-0.3, -0.25) is 0 Å². The highest BCUT2D eigenvalue weighted by Crippen LogP contribution is 2.21. The lowest BCUT2D eigenvalue weighted by Gasteiger charge is -2.14. The number of nitrogen functional groups attached to an aromatic ring is 1. The summed E-state index contributed by atoms with van der Waals surface area (Å²) in [5, 5.41) is 4.03. The van der Waals surface area contributed by atoms with Crippen LogP contribution in [0.5, 0.6) is 0 Å². The third kappa shape index (κ3) is 2.46. The van der Waals surface area contributed by atoms with E-state index in [2.05, 4.69) is 31.1 Å². The quantitative estimate of drug-likeness (QED) is 0.754. The molecule has 0 radical (unpaired) electrons. The van der Waals surface area contributed by atoms with Crippen LogP contribution in [0, 0.1) is 0 Å². The van der Waals surface area contributed by atoms with Gasteiger partial charge in [0.2, 0.25) is 0 Å². The van der Waals surface area contributed by atoms with Crippen LogP contribution in [-0.4, -0.2) is 11.0 Å². The van der Waals surface area contributed by atoms with Gasteiger partial charge < -0.3 is 11.1 Å². The van der Waals surface area contributed by atoms with Gasteiger partial charge in [-0.1, -0.05) is 13.8 Å². The maximum absolute atomic E-state index is 5.53. The summed E-state index contributed by atoms with van der Waals surface area (Å²) in [6.45, 7) is 6.37. The molecule has 3 nitrogen and oxygen atoms in total.